The molecule has 5 nitrogen and oxygen atoms in total. The van der Waals surface area contributed by atoms with Crippen LogP contribution in [0, 0.1) is 13.8 Å². The summed E-state index contributed by atoms with van der Waals surface area (Å²) < 4.78 is 0. The molecule has 0 aliphatic rings. The highest BCUT2D eigenvalue weighted by molar-refractivity contribution is 7.99. The van der Waals surface area contributed by atoms with Gasteiger partial charge in [0.05, 0.1) is 11.3 Å². The Labute approximate surface area is 106 Å². The number of oxime groups is 1. The molecule has 0 spiro atoms. The van der Waals surface area contributed by atoms with Crippen molar-refractivity contribution < 1.29 is 5.21 Å². The molecule has 0 aliphatic carbocycles. The molecule has 1 atom stereocenters. The largest absolute Gasteiger partial charge is 0.409 e. The zero-order chi connectivity index (χ0) is 13.0. The van der Waals surface area contributed by atoms with Gasteiger partial charge in [-0.1, -0.05) is 19.0 Å². The van der Waals surface area contributed by atoms with Crippen LogP contribution in [0.2, 0.25) is 0 Å². The highest BCUT2D eigenvalue weighted by atomic mass is 32.2. The highest BCUT2D eigenvalue weighted by Crippen LogP contribution is 2.28. The van der Waals surface area contributed by atoms with Gasteiger partial charge in [-0.2, -0.15) is 5.10 Å². The summed E-state index contributed by atoms with van der Waals surface area (Å²) in [6.07, 6.45) is 1.02. The van der Waals surface area contributed by atoms with E-state index in [-0.39, 0.29) is 5.84 Å². The minimum atomic E-state index is 0.0892. The first-order chi connectivity index (χ1) is 8.01. The predicted octanol–water partition coefficient (Wildman–Crippen LogP) is 2.08. The number of nitrogens with two attached hydrogens (primary N) is 1. The van der Waals surface area contributed by atoms with Crippen LogP contribution in [0.5, 0.6) is 0 Å². The van der Waals surface area contributed by atoms with Crippen molar-refractivity contribution in [1.29, 1.82) is 0 Å². The fourth-order valence-electron chi connectivity index (χ4n) is 1.29. The lowest BCUT2D eigenvalue weighted by molar-refractivity contribution is 0.318. The van der Waals surface area contributed by atoms with E-state index in [9.17, 15) is 0 Å². The van der Waals surface area contributed by atoms with Gasteiger partial charge in [-0.15, -0.1) is 16.9 Å². The van der Waals surface area contributed by atoms with Crippen LogP contribution >= 0.6 is 11.8 Å². The maximum absolute atomic E-state index is 8.82. The van der Waals surface area contributed by atoms with Crippen LogP contribution in [0.15, 0.2) is 10.2 Å². The van der Waals surface area contributed by atoms with Crippen LogP contribution in [0.25, 0.3) is 0 Å². The lowest BCUT2D eigenvalue weighted by Crippen LogP contribution is -2.18. The van der Waals surface area contributed by atoms with Gasteiger partial charge in [0.15, 0.2) is 5.84 Å². The Hall–Kier alpha value is -1.30. The number of amidine groups is 1. The van der Waals surface area contributed by atoms with Crippen molar-refractivity contribution in [2.45, 2.75) is 44.4 Å². The molecule has 17 heavy (non-hydrogen) atoms. The first-order valence-corrected chi connectivity index (χ1v) is 6.37. The first-order valence-electron chi connectivity index (χ1n) is 5.49. The molecule has 1 rings (SSSR count). The normalized spacial score (nSPS) is 13.8. The van der Waals surface area contributed by atoms with Crippen LogP contribution in [0.4, 0.5) is 0 Å². The molecule has 1 aromatic heterocycles. The summed E-state index contributed by atoms with van der Waals surface area (Å²) in [6.45, 7) is 7.97. The lowest BCUT2D eigenvalue weighted by Gasteiger charge is -2.13. The van der Waals surface area contributed by atoms with Gasteiger partial charge in [-0.3, -0.25) is 0 Å². The molecule has 1 aromatic rings. The summed E-state index contributed by atoms with van der Waals surface area (Å²) >= 11 is 1.59. The van der Waals surface area contributed by atoms with Gasteiger partial charge in [0.25, 0.3) is 0 Å². The fraction of sp³-hybridized carbons (Fsp3) is 0.545. The third-order valence-electron chi connectivity index (χ3n) is 2.67. The molecule has 0 amide bonds. The smallest absolute Gasteiger partial charge is 0.173 e. The summed E-state index contributed by atoms with van der Waals surface area (Å²) in [5.74, 6) is 0.0892. The van der Waals surface area contributed by atoms with Crippen LogP contribution in [-0.2, 0) is 0 Å². The summed E-state index contributed by atoms with van der Waals surface area (Å²) in [5, 5.41) is 21.2. The van der Waals surface area contributed by atoms with Crippen LogP contribution in [-0.4, -0.2) is 26.5 Å². The van der Waals surface area contributed by atoms with E-state index < -0.39 is 0 Å². The zero-order valence-electron chi connectivity index (χ0n) is 10.6. The van der Waals surface area contributed by atoms with Gasteiger partial charge in [0, 0.05) is 5.25 Å². The van der Waals surface area contributed by atoms with E-state index in [1.807, 2.05) is 13.8 Å². The van der Waals surface area contributed by atoms with Gasteiger partial charge in [0.1, 0.15) is 5.03 Å². The average Bonchev–Trinajstić information content (AvgIpc) is 2.33. The molecule has 6 heteroatoms. The lowest BCUT2D eigenvalue weighted by atomic mass is 10.1. The minimum absolute atomic E-state index is 0.0892. The van der Waals surface area contributed by atoms with E-state index in [4.69, 9.17) is 10.9 Å². The van der Waals surface area contributed by atoms with E-state index in [1.54, 1.807) is 11.8 Å². The number of rotatable bonds is 4. The molecule has 94 valence electrons. The van der Waals surface area contributed by atoms with E-state index in [2.05, 4.69) is 29.2 Å². The number of hydrogen-bond donors (Lipinski definition) is 2. The molecule has 1 unspecified atom stereocenters. The van der Waals surface area contributed by atoms with E-state index in [0.717, 1.165) is 22.7 Å². The summed E-state index contributed by atoms with van der Waals surface area (Å²) in [6, 6.07) is 0. The quantitative estimate of drug-likeness (QED) is 0.282. The van der Waals surface area contributed by atoms with Crippen molar-refractivity contribution in [3.63, 3.8) is 0 Å². The highest BCUT2D eigenvalue weighted by Gasteiger charge is 2.17. The second-order valence-corrected chi connectivity index (χ2v) is 5.34. The Morgan fingerprint density at radius 2 is 2.12 bits per heavy atom. The summed E-state index contributed by atoms with van der Waals surface area (Å²) in [4.78, 5) is 0. The third kappa shape index (κ3) is 3.09. The SMILES string of the molecule is CCC(C)Sc1nnc(C)c(C)c1/C(N)=N/O. The molecular formula is C11H18N4OS. The Morgan fingerprint density at radius 3 is 2.65 bits per heavy atom. The number of nitrogens with zero attached hydrogens (tertiary/aromatic N) is 3. The number of aryl methyl sites for hydroxylation is 1. The van der Waals surface area contributed by atoms with E-state index in [1.165, 1.54) is 0 Å². The topological polar surface area (TPSA) is 84.4 Å². The standard InChI is InChI=1S/C11H18N4OS/c1-5-6(2)17-11-9(10(12)15-16)7(3)8(4)13-14-11/h6,16H,5H2,1-4H3,(H2,12,15). The van der Waals surface area contributed by atoms with Crippen molar-refractivity contribution in [1.82, 2.24) is 10.2 Å². The third-order valence-corrected chi connectivity index (χ3v) is 3.92. The number of thioether (sulfide) groups is 1. The number of hydrogen-bond acceptors (Lipinski definition) is 5. The Bertz CT molecular complexity index is 434. The van der Waals surface area contributed by atoms with Crippen molar-refractivity contribution in [2.75, 3.05) is 0 Å². The molecule has 0 saturated heterocycles. The van der Waals surface area contributed by atoms with Gasteiger partial charge in [0.2, 0.25) is 0 Å². The molecule has 1 heterocycles. The average molecular weight is 254 g/mol. The minimum Gasteiger partial charge on any atom is -0.409 e. The van der Waals surface area contributed by atoms with Crippen molar-refractivity contribution in [3.8, 4) is 0 Å². The summed E-state index contributed by atoms with van der Waals surface area (Å²) in [7, 11) is 0. The van der Waals surface area contributed by atoms with Crippen molar-refractivity contribution in [2.24, 2.45) is 10.9 Å². The molecular weight excluding hydrogens is 236 g/mol. The van der Waals surface area contributed by atoms with E-state index in [0.29, 0.717) is 10.8 Å². The molecule has 0 fully saturated rings. The number of aromatic nitrogens is 2. The maximum atomic E-state index is 8.82. The van der Waals surface area contributed by atoms with E-state index >= 15 is 0 Å². The molecule has 0 aliphatic heterocycles. The van der Waals surface area contributed by atoms with Gasteiger partial charge >= 0.3 is 0 Å². The molecule has 0 saturated carbocycles. The van der Waals surface area contributed by atoms with Gasteiger partial charge in [-0.05, 0) is 25.8 Å². The molecule has 0 bridgehead atoms. The molecule has 0 radical (unpaired) electrons. The van der Waals surface area contributed by atoms with Gasteiger partial charge < -0.3 is 10.9 Å². The first kappa shape index (κ1) is 13.8. The predicted molar refractivity (Wildman–Crippen MR) is 69.6 cm³/mol. The zero-order valence-corrected chi connectivity index (χ0v) is 11.4. The van der Waals surface area contributed by atoms with Crippen molar-refractivity contribution >= 4 is 17.6 Å². The van der Waals surface area contributed by atoms with Crippen LogP contribution < -0.4 is 5.73 Å². The van der Waals surface area contributed by atoms with Crippen molar-refractivity contribution in [3.05, 3.63) is 16.8 Å². The van der Waals surface area contributed by atoms with Crippen LogP contribution in [0.1, 0.15) is 37.1 Å². The van der Waals surface area contributed by atoms with Crippen LogP contribution in [0.3, 0.4) is 0 Å². The second-order valence-electron chi connectivity index (χ2n) is 3.91. The van der Waals surface area contributed by atoms with Gasteiger partial charge in [-0.25, -0.2) is 0 Å². The Morgan fingerprint density at radius 1 is 1.47 bits per heavy atom. The molecule has 0 aromatic carbocycles. The Kier molecular flexibility index (Phi) is 4.74. The second kappa shape index (κ2) is 5.86. The maximum Gasteiger partial charge on any atom is 0.173 e. The monoisotopic (exact) mass is 254 g/mol. The summed E-state index contributed by atoms with van der Waals surface area (Å²) in [5.41, 5.74) is 8.08. The Balaban J connectivity index is 3.25. The fourth-order valence-corrected chi connectivity index (χ4v) is 2.31. The molecule has 3 N–H and O–H groups in total.